The van der Waals surface area contributed by atoms with Gasteiger partial charge >= 0.3 is 0 Å². The molecule has 90 valence electrons. The first-order valence-electron chi connectivity index (χ1n) is 5.16. The van der Waals surface area contributed by atoms with Gasteiger partial charge in [0.1, 0.15) is 5.52 Å². The van der Waals surface area contributed by atoms with Crippen LogP contribution in [0, 0.1) is 0 Å². The van der Waals surface area contributed by atoms with Crippen molar-refractivity contribution in [2.45, 2.75) is 5.16 Å². The van der Waals surface area contributed by atoms with Crippen molar-refractivity contribution in [3.05, 3.63) is 35.5 Å². The molecule has 0 saturated heterocycles. The van der Waals surface area contributed by atoms with Gasteiger partial charge in [-0.25, -0.2) is 9.97 Å². The Hall–Kier alpha value is -1.66. The van der Waals surface area contributed by atoms with Crippen molar-refractivity contribution < 1.29 is 0 Å². The van der Waals surface area contributed by atoms with Gasteiger partial charge in [-0.3, -0.25) is 0 Å². The fourth-order valence-corrected chi connectivity index (χ4v) is 2.13. The van der Waals surface area contributed by atoms with Gasteiger partial charge in [-0.15, -0.1) is 5.10 Å². The van der Waals surface area contributed by atoms with Crippen LogP contribution >= 0.6 is 23.4 Å². The highest BCUT2D eigenvalue weighted by Gasteiger charge is 2.08. The highest BCUT2D eigenvalue weighted by atomic mass is 35.5. The van der Waals surface area contributed by atoms with E-state index in [0.717, 1.165) is 11.0 Å². The van der Waals surface area contributed by atoms with Crippen molar-refractivity contribution in [3.8, 4) is 5.82 Å². The lowest BCUT2D eigenvalue weighted by Gasteiger charge is -2.02. The number of hydrogen-bond acceptors (Lipinski definition) is 5. The summed E-state index contributed by atoms with van der Waals surface area (Å²) in [7, 11) is 0. The van der Waals surface area contributed by atoms with Crippen molar-refractivity contribution in [2.75, 3.05) is 6.26 Å². The number of aromatic nitrogens is 5. The summed E-state index contributed by atoms with van der Waals surface area (Å²) in [5.41, 5.74) is 1.61. The SMILES string of the molecule is CSc1nccc(-n2nnc3ccc(Cl)cc32)n1. The normalized spacial score (nSPS) is 11.0. The third-order valence-corrected chi connectivity index (χ3v) is 3.22. The predicted molar refractivity (Wildman–Crippen MR) is 71.2 cm³/mol. The summed E-state index contributed by atoms with van der Waals surface area (Å²) in [6, 6.07) is 7.22. The molecule has 2 heterocycles. The Labute approximate surface area is 112 Å². The molecule has 0 unspecified atom stereocenters. The molecule has 0 N–H and O–H groups in total. The van der Waals surface area contributed by atoms with Gasteiger partial charge in [-0.1, -0.05) is 28.6 Å². The minimum absolute atomic E-state index is 0.644. The molecule has 0 saturated carbocycles. The number of thioether (sulfide) groups is 1. The van der Waals surface area contributed by atoms with Crippen LogP contribution in [-0.4, -0.2) is 31.2 Å². The lowest BCUT2D eigenvalue weighted by atomic mass is 10.3. The molecule has 2 aromatic heterocycles. The lowest BCUT2D eigenvalue weighted by molar-refractivity contribution is 0.777. The zero-order valence-electron chi connectivity index (χ0n) is 9.41. The van der Waals surface area contributed by atoms with E-state index in [1.807, 2.05) is 18.4 Å². The van der Waals surface area contributed by atoms with Crippen LogP contribution in [0.1, 0.15) is 0 Å². The summed E-state index contributed by atoms with van der Waals surface area (Å²) >= 11 is 7.47. The molecule has 0 aliphatic carbocycles. The van der Waals surface area contributed by atoms with E-state index in [-0.39, 0.29) is 0 Å². The van der Waals surface area contributed by atoms with E-state index in [1.54, 1.807) is 23.0 Å². The summed E-state index contributed by atoms with van der Waals surface area (Å²) in [6.07, 6.45) is 3.63. The molecule has 1 aromatic carbocycles. The van der Waals surface area contributed by atoms with Crippen molar-refractivity contribution in [1.29, 1.82) is 0 Å². The zero-order chi connectivity index (χ0) is 12.5. The van der Waals surface area contributed by atoms with E-state index in [1.165, 1.54) is 11.8 Å². The maximum absolute atomic E-state index is 5.99. The van der Waals surface area contributed by atoms with E-state index in [2.05, 4.69) is 20.3 Å². The number of hydrogen-bond donors (Lipinski definition) is 0. The highest BCUT2D eigenvalue weighted by Crippen LogP contribution is 2.20. The van der Waals surface area contributed by atoms with Crippen LogP contribution in [0.3, 0.4) is 0 Å². The molecular weight excluding hydrogens is 270 g/mol. The minimum atomic E-state index is 0.644. The third kappa shape index (κ3) is 1.93. The Balaban J connectivity index is 2.21. The smallest absolute Gasteiger partial charge is 0.189 e. The van der Waals surface area contributed by atoms with E-state index in [4.69, 9.17) is 11.6 Å². The molecule has 0 spiro atoms. The number of halogens is 1. The van der Waals surface area contributed by atoms with E-state index >= 15 is 0 Å². The van der Waals surface area contributed by atoms with Crippen LogP contribution in [0.5, 0.6) is 0 Å². The number of fused-ring (bicyclic) bond motifs is 1. The average Bonchev–Trinajstić information content (AvgIpc) is 2.81. The van der Waals surface area contributed by atoms with Crippen molar-refractivity contribution in [1.82, 2.24) is 25.0 Å². The Morgan fingerprint density at radius 1 is 1.28 bits per heavy atom. The van der Waals surface area contributed by atoms with Gasteiger partial charge in [0.15, 0.2) is 11.0 Å². The van der Waals surface area contributed by atoms with Gasteiger partial charge in [0.05, 0.1) is 5.52 Å². The second-order valence-corrected chi connectivity index (χ2v) is 4.75. The number of rotatable bonds is 2. The second-order valence-electron chi connectivity index (χ2n) is 3.54. The molecule has 3 rings (SSSR count). The molecular formula is C11H8ClN5S. The van der Waals surface area contributed by atoms with Gasteiger partial charge < -0.3 is 0 Å². The minimum Gasteiger partial charge on any atom is -0.231 e. The molecule has 3 aromatic rings. The van der Waals surface area contributed by atoms with Crippen LogP contribution in [0.25, 0.3) is 16.9 Å². The molecule has 0 radical (unpaired) electrons. The topological polar surface area (TPSA) is 56.5 Å². The fourth-order valence-electron chi connectivity index (χ4n) is 1.61. The first-order valence-corrected chi connectivity index (χ1v) is 6.76. The predicted octanol–water partition coefficient (Wildman–Crippen LogP) is 2.59. The molecule has 0 atom stereocenters. The van der Waals surface area contributed by atoms with E-state index in [9.17, 15) is 0 Å². The zero-order valence-corrected chi connectivity index (χ0v) is 11.0. The summed E-state index contributed by atoms with van der Waals surface area (Å²) in [6.45, 7) is 0. The molecule has 0 fully saturated rings. The van der Waals surface area contributed by atoms with Crippen LogP contribution in [0.15, 0.2) is 35.6 Å². The molecule has 7 heteroatoms. The quantitative estimate of drug-likeness (QED) is 0.532. The first kappa shape index (κ1) is 11.4. The maximum atomic E-state index is 5.99. The Kier molecular flexibility index (Phi) is 2.89. The van der Waals surface area contributed by atoms with Gasteiger partial charge in [-0.05, 0) is 24.5 Å². The van der Waals surface area contributed by atoms with E-state index < -0.39 is 0 Å². The number of nitrogens with zero attached hydrogens (tertiary/aromatic N) is 5. The van der Waals surface area contributed by atoms with Crippen LogP contribution in [0.2, 0.25) is 5.02 Å². The van der Waals surface area contributed by atoms with Crippen LogP contribution in [-0.2, 0) is 0 Å². The monoisotopic (exact) mass is 277 g/mol. The van der Waals surface area contributed by atoms with E-state index in [0.29, 0.717) is 16.0 Å². The molecule has 0 aliphatic rings. The largest absolute Gasteiger partial charge is 0.231 e. The molecule has 0 bridgehead atoms. The van der Waals surface area contributed by atoms with Gasteiger partial charge in [0, 0.05) is 17.3 Å². The Bertz CT molecular complexity index is 711. The van der Waals surface area contributed by atoms with Crippen LogP contribution in [0.4, 0.5) is 0 Å². The lowest BCUT2D eigenvalue weighted by Crippen LogP contribution is -2.01. The van der Waals surface area contributed by atoms with Gasteiger partial charge in [-0.2, -0.15) is 4.68 Å². The fraction of sp³-hybridized carbons (Fsp3) is 0.0909. The summed E-state index contributed by atoms with van der Waals surface area (Å²) < 4.78 is 1.66. The molecule has 18 heavy (non-hydrogen) atoms. The molecule has 5 nitrogen and oxygen atoms in total. The molecule has 0 aliphatic heterocycles. The van der Waals surface area contributed by atoms with Crippen LogP contribution < -0.4 is 0 Å². The summed E-state index contributed by atoms with van der Waals surface area (Å²) in [5.74, 6) is 0.680. The standard InChI is InChI=1S/C11H8ClN5S/c1-18-11-13-5-4-10(14-11)17-9-6-7(12)2-3-8(9)15-16-17/h2-6H,1H3. The summed E-state index contributed by atoms with van der Waals surface area (Å²) in [4.78, 5) is 8.51. The van der Waals surface area contributed by atoms with Crippen molar-refractivity contribution >= 4 is 34.4 Å². The summed E-state index contributed by atoms with van der Waals surface area (Å²) in [5, 5.41) is 9.51. The Morgan fingerprint density at radius 3 is 3.00 bits per heavy atom. The first-order chi connectivity index (χ1) is 8.78. The number of benzene rings is 1. The average molecular weight is 278 g/mol. The molecule has 0 amide bonds. The third-order valence-electron chi connectivity index (χ3n) is 2.43. The second kappa shape index (κ2) is 4.55. The highest BCUT2D eigenvalue weighted by molar-refractivity contribution is 7.98. The van der Waals surface area contributed by atoms with Crippen molar-refractivity contribution in [3.63, 3.8) is 0 Å². The van der Waals surface area contributed by atoms with Gasteiger partial charge in [0.2, 0.25) is 0 Å². The maximum Gasteiger partial charge on any atom is 0.189 e. The van der Waals surface area contributed by atoms with Gasteiger partial charge in [0.25, 0.3) is 0 Å². The van der Waals surface area contributed by atoms with Crippen molar-refractivity contribution in [2.24, 2.45) is 0 Å². The Morgan fingerprint density at radius 2 is 2.17 bits per heavy atom.